The third kappa shape index (κ3) is 3.33. The number of aliphatic hydroxyl groups is 2. The van der Waals surface area contributed by atoms with E-state index in [0.717, 1.165) is 29.8 Å². The molecule has 9 nitrogen and oxygen atoms in total. The Morgan fingerprint density at radius 2 is 1.92 bits per heavy atom. The van der Waals surface area contributed by atoms with Crippen molar-refractivity contribution in [3.63, 3.8) is 0 Å². The third-order valence-electron chi connectivity index (χ3n) is 8.10. The van der Waals surface area contributed by atoms with Gasteiger partial charge >= 0.3 is 0 Å². The Morgan fingerprint density at radius 3 is 2.68 bits per heavy atom. The lowest BCUT2D eigenvalue weighted by Gasteiger charge is -2.37. The molecule has 3 heterocycles. The quantitative estimate of drug-likeness (QED) is 0.410. The summed E-state index contributed by atoms with van der Waals surface area (Å²) in [6, 6.07) is 7.38. The minimum Gasteiger partial charge on any atom is -0.394 e. The van der Waals surface area contributed by atoms with Gasteiger partial charge in [-0.15, -0.1) is 5.10 Å². The van der Waals surface area contributed by atoms with Crippen molar-refractivity contribution in [1.82, 2.24) is 34.9 Å². The molecule has 1 saturated carbocycles. The average molecular weight is 506 g/mol. The van der Waals surface area contributed by atoms with Crippen molar-refractivity contribution >= 4 is 0 Å². The van der Waals surface area contributed by atoms with Crippen molar-refractivity contribution in [1.29, 1.82) is 0 Å². The Bertz CT molecular complexity index is 1490. The molecule has 3 aromatic heterocycles. The maximum atomic E-state index is 14.5. The number of hydrogen-bond donors (Lipinski definition) is 2. The topological polar surface area (TPSA) is 123 Å². The van der Waals surface area contributed by atoms with Crippen LogP contribution in [0.2, 0.25) is 0 Å². The van der Waals surface area contributed by atoms with Gasteiger partial charge in [-0.2, -0.15) is 10.2 Å². The van der Waals surface area contributed by atoms with E-state index >= 15 is 0 Å². The molecule has 0 amide bonds. The van der Waals surface area contributed by atoms with Gasteiger partial charge in [0.25, 0.3) is 0 Å². The second-order valence-corrected chi connectivity index (χ2v) is 10.2. The van der Waals surface area contributed by atoms with Crippen LogP contribution < -0.4 is 0 Å². The first-order chi connectivity index (χ1) is 17.8. The number of benzene rings is 1. The molecule has 2 bridgehead atoms. The van der Waals surface area contributed by atoms with Crippen LogP contribution in [0.3, 0.4) is 0 Å². The maximum Gasteiger partial charge on any atom is 0.197 e. The summed E-state index contributed by atoms with van der Waals surface area (Å²) in [4.78, 5) is 13.6. The van der Waals surface area contributed by atoms with Crippen LogP contribution in [0.5, 0.6) is 0 Å². The lowest BCUT2D eigenvalue weighted by atomic mass is 9.66. The van der Waals surface area contributed by atoms with E-state index in [0.29, 0.717) is 11.6 Å². The van der Waals surface area contributed by atoms with Gasteiger partial charge in [0.15, 0.2) is 11.6 Å². The zero-order valence-electron chi connectivity index (χ0n) is 20.3. The van der Waals surface area contributed by atoms with Gasteiger partial charge < -0.3 is 10.2 Å². The number of rotatable bonds is 6. The average Bonchev–Trinajstić information content (AvgIpc) is 3.51. The SMILES string of the molecule is CC1(C)[C@H]2CC[C@]1(c1ccnc(-c3ncnn3C[C@@H](O)CO)n1)c1nnc(-c3c(F)cccc3F)cc12. The Hall–Kier alpha value is -3.70. The van der Waals surface area contributed by atoms with Gasteiger partial charge in [-0.1, -0.05) is 19.9 Å². The van der Waals surface area contributed by atoms with Crippen molar-refractivity contribution in [3.05, 3.63) is 71.4 Å². The highest BCUT2D eigenvalue weighted by Gasteiger charge is 2.65. The normalized spacial score (nSPS) is 22.3. The first-order valence-corrected chi connectivity index (χ1v) is 12.1. The van der Waals surface area contributed by atoms with E-state index in [4.69, 9.17) is 4.98 Å². The van der Waals surface area contributed by atoms with E-state index in [2.05, 4.69) is 39.1 Å². The molecule has 4 aromatic rings. The van der Waals surface area contributed by atoms with Crippen LogP contribution in [-0.4, -0.2) is 57.9 Å². The van der Waals surface area contributed by atoms with E-state index in [-0.39, 0.29) is 29.1 Å². The fourth-order valence-electron chi connectivity index (χ4n) is 6.29. The molecular formula is C26H25F2N7O2. The summed E-state index contributed by atoms with van der Waals surface area (Å²) < 4.78 is 30.5. The van der Waals surface area contributed by atoms with Gasteiger partial charge in [-0.3, -0.25) is 0 Å². The Labute approximate surface area is 211 Å². The van der Waals surface area contributed by atoms with Crippen molar-refractivity contribution < 1.29 is 19.0 Å². The molecule has 0 radical (unpaired) electrons. The molecule has 0 unspecified atom stereocenters. The smallest absolute Gasteiger partial charge is 0.197 e. The van der Waals surface area contributed by atoms with Gasteiger partial charge in [0.1, 0.15) is 18.0 Å². The number of aliphatic hydroxyl groups excluding tert-OH is 2. The Kier molecular flexibility index (Phi) is 5.39. The number of fused-ring (bicyclic) bond motifs is 5. The summed E-state index contributed by atoms with van der Waals surface area (Å²) in [6.07, 6.45) is 3.66. The van der Waals surface area contributed by atoms with Crippen molar-refractivity contribution in [3.8, 4) is 22.9 Å². The first-order valence-electron chi connectivity index (χ1n) is 12.1. The highest BCUT2D eigenvalue weighted by molar-refractivity contribution is 5.64. The van der Waals surface area contributed by atoms with Crippen LogP contribution in [0.4, 0.5) is 8.78 Å². The minimum atomic E-state index is -0.998. The van der Waals surface area contributed by atoms with Gasteiger partial charge in [-0.05, 0) is 54.0 Å². The number of aromatic nitrogens is 7. The largest absolute Gasteiger partial charge is 0.394 e. The highest BCUT2D eigenvalue weighted by atomic mass is 19.1. The van der Waals surface area contributed by atoms with E-state index < -0.39 is 29.8 Å². The van der Waals surface area contributed by atoms with E-state index in [1.165, 1.54) is 29.2 Å². The van der Waals surface area contributed by atoms with Crippen LogP contribution >= 0.6 is 0 Å². The fourth-order valence-corrected chi connectivity index (χ4v) is 6.29. The molecule has 2 aliphatic rings. The van der Waals surface area contributed by atoms with Crippen molar-refractivity contribution in [2.45, 2.75) is 50.7 Å². The predicted molar refractivity (Wildman–Crippen MR) is 128 cm³/mol. The van der Waals surface area contributed by atoms with Gasteiger partial charge in [0.05, 0.1) is 47.3 Å². The zero-order valence-corrected chi connectivity index (χ0v) is 20.3. The molecule has 3 atom stereocenters. The maximum absolute atomic E-state index is 14.5. The van der Waals surface area contributed by atoms with E-state index in [1.807, 2.05) is 6.07 Å². The molecule has 190 valence electrons. The second kappa shape index (κ2) is 8.42. The Morgan fingerprint density at radius 1 is 1.14 bits per heavy atom. The molecule has 6 rings (SSSR count). The molecule has 0 spiro atoms. The lowest BCUT2D eigenvalue weighted by molar-refractivity contribution is 0.0786. The van der Waals surface area contributed by atoms with Crippen LogP contribution in [0.15, 0.2) is 42.9 Å². The van der Waals surface area contributed by atoms with Crippen LogP contribution in [0.25, 0.3) is 22.9 Å². The summed E-state index contributed by atoms with van der Waals surface area (Å²) in [5.41, 5.74) is 1.55. The number of nitrogens with zero attached hydrogens (tertiary/aromatic N) is 7. The fraction of sp³-hybridized carbons (Fsp3) is 0.385. The predicted octanol–water partition coefficient (Wildman–Crippen LogP) is 3.03. The second-order valence-electron chi connectivity index (χ2n) is 10.2. The number of halogens is 2. The standard InChI is InChI=1S/C26H25F2N7O2/c1-25(2)16-6-8-26(25,22-15(16)10-19(33-34-22)21-17(27)4-3-5-18(21)28)20-7-9-29-23(32-20)24-30-13-31-35(24)11-14(37)12-36/h3-5,7,9-10,13-14,16,36-37H,6,8,11-12H2,1-2H3/t14-,16+,26+/m1/s1. The van der Waals surface area contributed by atoms with Crippen LogP contribution in [0.1, 0.15) is 49.6 Å². The van der Waals surface area contributed by atoms with Crippen molar-refractivity contribution in [2.75, 3.05) is 6.61 Å². The molecular weight excluding hydrogens is 480 g/mol. The molecule has 1 aromatic carbocycles. The number of hydrogen-bond acceptors (Lipinski definition) is 8. The molecule has 11 heteroatoms. The van der Waals surface area contributed by atoms with E-state index in [1.54, 1.807) is 12.3 Å². The molecule has 37 heavy (non-hydrogen) atoms. The molecule has 1 fully saturated rings. The minimum absolute atomic E-state index is 0.0435. The van der Waals surface area contributed by atoms with Crippen LogP contribution in [0, 0.1) is 17.0 Å². The summed E-state index contributed by atoms with van der Waals surface area (Å²) >= 11 is 0. The zero-order chi connectivity index (χ0) is 25.9. The monoisotopic (exact) mass is 505 g/mol. The van der Waals surface area contributed by atoms with Gasteiger partial charge in [0, 0.05) is 6.20 Å². The van der Waals surface area contributed by atoms with Crippen LogP contribution in [-0.2, 0) is 12.0 Å². The van der Waals surface area contributed by atoms with Gasteiger partial charge in [0.2, 0.25) is 0 Å². The van der Waals surface area contributed by atoms with E-state index in [9.17, 15) is 19.0 Å². The molecule has 2 N–H and O–H groups in total. The highest BCUT2D eigenvalue weighted by Crippen LogP contribution is 2.69. The Balaban J connectivity index is 1.47. The summed E-state index contributed by atoms with van der Waals surface area (Å²) in [7, 11) is 0. The first kappa shape index (κ1) is 23.7. The molecule has 0 saturated heterocycles. The summed E-state index contributed by atoms with van der Waals surface area (Å²) in [5, 5.41) is 32.1. The molecule has 2 aliphatic carbocycles. The lowest BCUT2D eigenvalue weighted by Crippen LogP contribution is -2.38. The van der Waals surface area contributed by atoms with Crippen molar-refractivity contribution in [2.24, 2.45) is 5.41 Å². The summed E-state index contributed by atoms with van der Waals surface area (Å²) in [6.45, 7) is 3.96. The molecule has 0 aliphatic heterocycles. The van der Waals surface area contributed by atoms with Gasteiger partial charge in [-0.25, -0.2) is 28.4 Å². The third-order valence-corrected chi connectivity index (χ3v) is 8.10. The summed E-state index contributed by atoms with van der Waals surface area (Å²) in [5.74, 6) is -0.550.